The van der Waals surface area contributed by atoms with Crippen LogP contribution in [0.25, 0.3) is 0 Å². The van der Waals surface area contributed by atoms with Crippen molar-refractivity contribution in [1.29, 1.82) is 0 Å². The molecule has 16 heavy (non-hydrogen) atoms. The van der Waals surface area contributed by atoms with Crippen LogP contribution in [0.2, 0.25) is 0 Å². The molecule has 0 radical (unpaired) electrons. The van der Waals surface area contributed by atoms with Crippen LogP contribution in [0.3, 0.4) is 0 Å². The minimum atomic E-state index is -0.162. The number of nitrogens with two attached hydrogens (primary N) is 1. The third-order valence-electron chi connectivity index (χ3n) is 3.46. The number of hydrazine groups is 1. The van der Waals surface area contributed by atoms with Crippen molar-refractivity contribution in [3.05, 3.63) is 24.2 Å². The Balaban J connectivity index is 2.03. The van der Waals surface area contributed by atoms with Gasteiger partial charge in [-0.05, 0) is 44.2 Å². The van der Waals surface area contributed by atoms with E-state index in [0.717, 1.165) is 31.4 Å². The van der Waals surface area contributed by atoms with Crippen molar-refractivity contribution in [3.63, 3.8) is 0 Å². The first-order valence-electron chi connectivity index (χ1n) is 5.86. The Kier molecular flexibility index (Phi) is 3.63. The Morgan fingerprint density at radius 3 is 3.00 bits per heavy atom. The van der Waals surface area contributed by atoms with Crippen LogP contribution in [0.4, 0.5) is 0 Å². The van der Waals surface area contributed by atoms with Crippen molar-refractivity contribution in [2.75, 3.05) is 6.61 Å². The highest BCUT2D eigenvalue weighted by Gasteiger charge is 2.36. The maximum absolute atomic E-state index is 5.89. The van der Waals surface area contributed by atoms with Crippen molar-refractivity contribution in [2.45, 2.75) is 44.2 Å². The summed E-state index contributed by atoms with van der Waals surface area (Å²) in [5, 5.41) is 0. The minimum Gasteiger partial charge on any atom is -0.472 e. The van der Waals surface area contributed by atoms with Crippen LogP contribution in [0.1, 0.15) is 31.7 Å². The molecular weight excluding hydrogens is 204 g/mol. The molecule has 1 aliphatic heterocycles. The molecule has 1 saturated heterocycles. The molecule has 1 aromatic heterocycles. The molecule has 0 aromatic carbocycles. The lowest BCUT2D eigenvalue weighted by Gasteiger charge is -2.40. The first-order valence-corrected chi connectivity index (χ1v) is 5.86. The summed E-state index contributed by atoms with van der Waals surface area (Å²) in [5.74, 6) is 5.64. The highest BCUT2D eigenvalue weighted by molar-refractivity contribution is 5.10. The lowest BCUT2D eigenvalue weighted by molar-refractivity contribution is -0.0884. The van der Waals surface area contributed by atoms with E-state index in [0.29, 0.717) is 0 Å². The van der Waals surface area contributed by atoms with Crippen LogP contribution >= 0.6 is 0 Å². The SMILES string of the molecule is CC1(C(Cc2ccoc2)NN)CCCCO1. The first-order chi connectivity index (χ1) is 7.74. The Morgan fingerprint density at radius 1 is 1.56 bits per heavy atom. The van der Waals surface area contributed by atoms with Gasteiger partial charge in [0.25, 0.3) is 0 Å². The standard InChI is InChI=1S/C12H20N2O2/c1-12(5-2-3-6-16-12)11(14-13)8-10-4-7-15-9-10/h4,7,9,11,14H,2-3,5-6,8,13H2,1H3. The van der Waals surface area contributed by atoms with Crippen molar-refractivity contribution < 1.29 is 9.15 Å². The molecule has 2 atom stereocenters. The Bertz CT molecular complexity index is 305. The zero-order valence-corrected chi connectivity index (χ0v) is 9.74. The largest absolute Gasteiger partial charge is 0.472 e. The van der Waals surface area contributed by atoms with E-state index >= 15 is 0 Å². The molecule has 0 bridgehead atoms. The van der Waals surface area contributed by atoms with Crippen molar-refractivity contribution in [1.82, 2.24) is 5.43 Å². The third kappa shape index (κ3) is 2.45. The molecule has 4 nitrogen and oxygen atoms in total. The zero-order chi connectivity index (χ0) is 11.4. The van der Waals surface area contributed by atoms with Gasteiger partial charge in [0.15, 0.2) is 0 Å². The van der Waals surface area contributed by atoms with Crippen LogP contribution in [0, 0.1) is 0 Å². The van der Waals surface area contributed by atoms with Gasteiger partial charge in [0.1, 0.15) is 0 Å². The number of furan rings is 1. The number of ether oxygens (including phenoxy) is 1. The fraction of sp³-hybridized carbons (Fsp3) is 0.667. The predicted molar refractivity (Wildman–Crippen MR) is 61.7 cm³/mol. The van der Waals surface area contributed by atoms with Crippen LogP contribution in [-0.4, -0.2) is 18.2 Å². The van der Waals surface area contributed by atoms with E-state index in [1.54, 1.807) is 12.5 Å². The number of rotatable bonds is 4. The summed E-state index contributed by atoms with van der Waals surface area (Å²) in [6, 6.07) is 2.10. The summed E-state index contributed by atoms with van der Waals surface area (Å²) in [6.45, 7) is 2.97. The van der Waals surface area contributed by atoms with Crippen LogP contribution in [0.5, 0.6) is 0 Å². The van der Waals surface area contributed by atoms with Crippen LogP contribution in [0.15, 0.2) is 23.0 Å². The van der Waals surface area contributed by atoms with Crippen molar-refractivity contribution in [2.24, 2.45) is 5.84 Å². The van der Waals surface area contributed by atoms with Gasteiger partial charge in [-0.15, -0.1) is 0 Å². The Hall–Kier alpha value is -0.840. The van der Waals surface area contributed by atoms with E-state index in [-0.39, 0.29) is 11.6 Å². The highest BCUT2D eigenvalue weighted by atomic mass is 16.5. The Labute approximate surface area is 96.1 Å². The van der Waals surface area contributed by atoms with Crippen LogP contribution < -0.4 is 11.3 Å². The maximum Gasteiger partial charge on any atom is 0.0935 e. The van der Waals surface area contributed by atoms with Gasteiger partial charge >= 0.3 is 0 Å². The topological polar surface area (TPSA) is 60.4 Å². The molecule has 0 spiro atoms. The lowest BCUT2D eigenvalue weighted by atomic mass is 9.85. The number of hydrogen-bond acceptors (Lipinski definition) is 4. The van der Waals surface area contributed by atoms with Crippen LogP contribution in [-0.2, 0) is 11.2 Å². The van der Waals surface area contributed by atoms with Crippen molar-refractivity contribution >= 4 is 0 Å². The van der Waals surface area contributed by atoms with Gasteiger partial charge in [-0.1, -0.05) is 0 Å². The van der Waals surface area contributed by atoms with Gasteiger partial charge in [-0.2, -0.15) is 0 Å². The lowest BCUT2D eigenvalue weighted by Crippen LogP contribution is -2.55. The summed E-state index contributed by atoms with van der Waals surface area (Å²) in [4.78, 5) is 0. The quantitative estimate of drug-likeness (QED) is 0.602. The number of hydrogen-bond donors (Lipinski definition) is 2. The molecule has 1 aromatic rings. The average Bonchev–Trinajstić information content (AvgIpc) is 2.79. The number of nitrogens with one attached hydrogen (secondary N) is 1. The molecular formula is C12H20N2O2. The normalized spacial score (nSPS) is 27.9. The molecule has 0 saturated carbocycles. The molecule has 3 N–H and O–H groups in total. The highest BCUT2D eigenvalue weighted by Crippen LogP contribution is 2.29. The molecule has 2 unspecified atom stereocenters. The monoisotopic (exact) mass is 224 g/mol. The van der Waals surface area contributed by atoms with E-state index in [1.807, 2.05) is 6.07 Å². The average molecular weight is 224 g/mol. The molecule has 2 rings (SSSR count). The first kappa shape index (κ1) is 11.6. The predicted octanol–water partition coefficient (Wildman–Crippen LogP) is 1.61. The van der Waals surface area contributed by atoms with Gasteiger partial charge in [0, 0.05) is 6.61 Å². The fourth-order valence-corrected chi connectivity index (χ4v) is 2.33. The summed E-state index contributed by atoms with van der Waals surface area (Å²) >= 11 is 0. The van der Waals surface area contributed by atoms with Gasteiger partial charge < -0.3 is 9.15 Å². The summed E-state index contributed by atoms with van der Waals surface area (Å²) in [6.07, 6.45) is 7.70. The van der Waals surface area contributed by atoms with Crippen molar-refractivity contribution in [3.8, 4) is 0 Å². The van der Waals surface area contributed by atoms with E-state index in [2.05, 4.69) is 12.3 Å². The third-order valence-corrected chi connectivity index (χ3v) is 3.46. The second-order valence-electron chi connectivity index (χ2n) is 4.67. The Morgan fingerprint density at radius 2 is 2.44 bits per heavy atom. The molecule has 2 heterocycles. The molecule has 90 valence electrons. The second kappa shape index (κ2) is 4.99. The van der Waals surface area contributed by atoms with Gasteiger partial charge in [-0.25, -0.2) is 0 Å². The summed E-state index contributed by atoms with van der Waals surface area (Å²) < 4.78 is 11.0. The molecule has 0 amide bonds. The van der Waals surface area contributed by atoms with Gasteiger partial charge in [-0.3, -0.25) is 11.3 Å². The zero-order valence-electron chi connectivity index (χ0n) is 9.74. The molecule has 1 aliphatic rings. The van der Waals surface area contributed by atoms with Gasteiger partial charge in [0.05, 0.1) is 24.2 Å². The molecule has 4 heteroatoms. The minimum absolute atomic E-state index is 0.130. The summed E-state index contributed by atoms with van der Waals surface area (Å²) in [5.41, 5.74) is 3.87. The van der Waals surface area contributed by atoms with Gasteiger partial charge in [0.2, 0.25) is 0 Å². The smallest absolute Gasteiger partial charge is 0.0935 e. The van der Waals surface area contributed by atoms with E-state index in [1.165, 1.54) is 6.42 Å². The van der Waals surface area contributed by atoms with E-state index in [9.17, 15) is 0 Å². The van der Waals surface area contributed by atoms with E-state index in [4.69, 9.17) is 15.0 Å². The summed E-state index contributed by atoms with van der Waals surface area (Å²) in [7, 11) is 0. The molecule has 1 fully saturated rings. The maximum atomic E-state index is 5.89. The fourth-order valence-electron chi connectivity index (χ4n) is 2.33. The second-order valence-corrected chi connectivity index (χ2v) is 4.67. The molecule has 0 aliphatic carbocycles. The van der Waals surface area contributed by atoms with E-state index < -0.39 is 0 Å².